The Hall–Kier alpha value is -4.70. The lowest BCUT2D eigenvalue weighted by Crippen LogP contribution is -2.05. The summed E-state index contributed by atoms with van der Waals surface area (Å²) in [5.41, 5.74) is -0.916. The smallest absolute Gasteiger partial charge is 0.416 e. The number of fused-ring (bicyclic) bond motifs is 2. The standard InChI is InChI=1S/C32H18F6O/c33-31(34,35)25-16-12-21(13-17-25)6-5-11-29(22-14-18-26(19-15-22)32(36,37)38)39-30-27-9-3-1-7-23(27)20-24-8-2-4-10-28(24)30/h1-4,7-20H/b29-11-. The molecule has 0 heterocycles. The Morgan fingerprint density at radius 3 is 1.62 bits per heavy atom. The fraction of sp³-hybridized carbons (Fsp3) is 0.0625. The Kier molecular flexibility index (Phi) is 6.80. The van der Waals surface area contributed by atoms with Gasteiger partial charge in [-0.1, -0.05) is 72.5 Å². The maximum Gasteiger partial charge on any atom is 0.416 e. The van der Waals surface area contributed by atoms with Gasteiger partial charge < -0.3 is 4.74 Å². The third kappa shape index (κ3) is 5.75. The van der Waals surface area contributed by atoms with Crippen LogP contribution in [-0.2, 0) is 12.4 Å². The predicted octanol–water partition coefficient (Wildman–Crippen LogP) is 9.50. The molecule has 194 valence electrons. The van der Waals surface area contributed by atoms with E-state index in [0.717, 1.165) is 45.8 Å². The van der Waals surface area contributed by atoms with Crippen LogP contribution in [0.2, 0.25) is 0 Å². The minimum Gasteiger partial charge on any atom is -0.455 e. The van der Waals surface area contributed by atoms with Crippen LogP contribution in [0.1, 0.15) is 22.3 Å². The van der Waals surface area contributed by atoms with Gasteiger partial charge in [0, 0.05) is 28.0 Å². The molecule has 7 heteroatoms. The highest BCUT2D eigenvalue weighted by molar-refractivity contribution is 6.05. The van der Waals surface area contributed by atoms with Crippen LogP contribution in [0.3, 0.4) is 0 Å². The molecule has 0 saturated heterocycles. The molecule has 0 unspecified atom stereocenters. The van der Waals surface area contributed by atoms with Gasteiger partial charge in [0.05, 0.1) is 11.1 Å². The van der Waals surface area contributed by atoms with Crippen molar-refractivity contribution in [2.45, 2.75) is 12.4 Å². The van der Waals surface area contributed by atoms with E-state index in [4.69, 9.17) is 4.74 Å². The van der Waals surface area contributed by atoms with Crippen LogP contribution in [0, 0.1) is 11.8 Å². The Bertz CT molecular complexity index is 1680. The van der Waals surface area contributed by atoms with Crippen LogP contribution in [0.15, 0.2) is 109 Å². The zero-order chi connectivity index (χ0) is 27.6. The van der Waals surface area contributed by atoms with Crippen molar-refractivity contribution in [2.24, 2.45) is 0 Å². The second kappa shape index (κ2) is 10.2. The Balaban J connectivity index is 1.60. The number of rotatable bonds is 3. The van der Waals surface area contributed by atoms with Crippen LogP contribution >= 0.6 is 0 Å². The van der Waals surface area contributed by atoms with Crippen LogP contribution < -0.4 is 4.74 Å². The first-order valence-electron chi connectivity index (χ1n) is 11.7. The number of alkyl halides is 6. The summed E-state index contributed by atoms with van der Waals surface area (Å²) in [5.74, 6) is 6.24. The van der Waals surface area contributed by atoms with Gasteiger partial charge in [-0.25, -0.2) is 0 Å². The second-order valence-electron chi connectivity index (χ2n) is 8.68. The number of ether oxygens (including phenoxy) is 1. The molecular weight excluding hydrogens is 514 g/mol. The van der Waals surface area contributed by atoms with Gasteiger partial charge in [-0.3, -0.25) is 0 Å². The molecule has 0 spiro atoms. The maximum absolute atomic E-state index is 13.2. The van der Waals surface area contributed by atoms with Crippen molar-refractivity contribution in [3.8, 4) is 17.6 Å². The highest BCUT2D eigenvalue weighted by Crippen LogP contribution is 2.38. The van der Waals surface area contributed by atoms with Gasteiger partial charge in [-0.15, -0.1) is 0 Å². The van der Waals surface area contributed by atoms with Crippen molar-refractivity contribution in [1.82, 2.24) is 0 Å². The number of hydrogen-bond donors (Lipinski definition) is 0. The average Bonchev–Trinajstić information content (AvgIpc) is 2.91. The molecule has 0 aliphatic carbocycles. The molecule has 0 bridgehead atoms. The molecule has 0 saturated carbocycles. The van der Waals surface area contributed by atoms with E-state index in [0.29, 0.717) is 16.9 Å². The molecule has 0 atom stereocenters. The van der Waals surface area contributed by atoms with Gasteiger partial charge in [0.25, 0.3) is 0 Å². The highest BCUT2D eigenvalue weighted by atomic mass is 19.4. The van der Waals surface area contributed by atoms with E-state index in [1.54, 1.807) is 0 Å². The summed E-state index contributed by atoms with van der Waals surface area (Å²) in [7, 11) is 0. The highest BCUT2D eigenvalue weighted by Gasteiger charge is 2.30. The van der Waals surface area contributed by atoms with Crippen LogP contribution in [0.25, 0.3) is 27.3 Å². The van der Waals surface area contributed by atoms with Crippen LogP contribution in [-0.4, -0.2) is 0 Å². The molecular formula is C32H18F6O. The lowest BCUT2D eigenvalue weighted by Gasteiger charge is -2.16. The van der Waals surface area contributed by atoms with E-state index in [2.05, 4.69) is 11.8 Å². The second-order valence-corrected chi connectivity index (χ2v) is 8.68. The summed E-state index contributed by atoms with van der Waals surface area (Å²) >= 11 is 0. The number of allylic oxidation sites excluding steroid dienone is 1. The first-order chi connectivity index (χ1) is 18.6. The Morgan fingerprint density at radius 2 is 1.10 bits per heavy atom. The van der Waals surface area contributed by atoms with Gasteiger partial charge in [-0.05, 0) is 53.2 Å². The van der Waals surface area contributed by atoms with E-state index in [1.165, 1.54) is 30.3 Å². The van der Waals surface area contributed by atoms with E-state index >= 15 is 0 Å². The van der Waals surface area contributed by atoms with Crippen molar-refractivity contribution in [3.63, 3.8) is 0 Å². The normalized spacial score (nSPS) is 12.3. The minimum atomic E-state index is -4.50. The molecule has 0 radical (unpaired) electrons. The van der Waals surface area contributed by atoms with Gasteiger partial charge in [0.15, 0.2) is 0 Å². The van der Waals surface area contributed by atoms with E-state index in [9.17, 15) is 26.3 Å². The van der Waals surface area contributed by atoms with Crippen molar-refractivity contribution in [2.75, 3.05) is 0 Å². The van der Waals surface area contributed by atoms with Crippen molar-refractivity contribution in [1.29, 1.82) is 0 Å². The van der Waals surface area contributed by atoms with Crippen molar-refractivity contribution in [3.05, 3.63) is 131 Å². The summed E-state index contributed by atoms with van der Waals surface area (Å²) in [6, 6.07) is 26.0. The zero-order valence-corrected chi connectivity index (χ0v) is 20.1. The molecule has 0 N–H and O–H groups in total. The molecule has 0 aromatic heterocycles. The predicted molar refractivity (Wildman–Crippen MR) is 140 cm³/mol. The number of benzene rings is 5. The molecule has 0 fully saturated rings. The fourth-order valence-electron chi connectivity index (χ4n) is 4.11. The average molecular weight is 532 g/mol. The third-order valence-electron chi connectivity index (χ3n) is 6.06. The molecule has 5 aromatic rings. The lowest BCUT2D eigenvalue weighted by atomic mass is 10.0. The van der Waals surface area contributed by atoms with E-state index in [1.807, 2.05) is 54.6 Å². The molecule has 0 aliphatic rings. The summed E-state index contributed by atoms with van der Waals surface area (Å²) in [6.45, 7) is 0. The lowest BCUT2D eigenvalue weighted by molar-refractivity contribution is -0.138. The zero-order valence-electron chi connectivity index (χ0n) is 20.1. The molecule has 1 nitrogen and oxygen atoms in total. The fourth-order valence-corrected chi connectivity index (χ4v) is 4.11. The van der Waals surface area contributed by atoms with Gasteiger partial charge in [0.1, 0.15) is 11.5 Å². The molecule has 5 aromatic carbocycles. The van der Waals surface area contributed by atoms with Crippen LogP contribution in [0.4, 0.5) is 26.3 Å². The topological polar surface area (TPSA) is 9.23 Å². The quantitative estimate of drug-likeness (QED) is 0.0973. The number of hydrogen-bond acceptors (Lipinski definition) is 1. The Labute approximate surface area is 220 Å². The van der Waals surface area contributed by atoms with Gasteiger partial charge >= 0.3 is 12.4 Å². The number of halogens is 6. The summed E-state index contributed by atoms with van der Waals surface area (Å²) in [6.07, 6.45) is -7.56. The van der Waals surface area contributed by atoms with E-state index in [-0.39, 0.29) is 5.76 Å². The van der Waals surface area contributed by atoms with Crippen molar-refractivity contribution >= 4 is 27.3 Å². The minimum absolute atomic E-state index is 0.185. The first-order valence-corrected chi connectivity index (χ1v) is 11.7. The largest absolute Gasteiger partial charge is 0.455 e. The van der Waals surface area contributed by atoms with Crippen LogP contribution in [0.5, 0.6) is 5.75 Å². The monoisotopic (exact) mass is 532 g/mol. The SMILES string of the molecule is FC(F)(F)c1ccc(C#C/C=C(\Oc2c3ccccc3cc3ccccc23)c2ccc(C(F)(F)F)cc2)cc1. The maximum atomic E-state index is 13.2. The molecule has 5 rings (SSSR count). The molecule has 39 heavy (non-hydrogen) atoms. The van der Waals surface area contributed by atoms with Gasteiger partial charge in [-0.2, -0.15) is 26.3 Å². The van der Waals surface area contributed by atoms with E-state index < -0.39 is 23.5 Å². The third-order valence-corrected chi connectivity index (χ3v) is 6.06. The summed E-state index contributed by atoms with van der Waals surface area (Å²) in [5, 5.41) is 3.41. The molecule has 0 aliphatic heterocycles. The van der Waals surface area contributed by atoms with Gasteiger partial charge in [0.2, 0.25) is 0 Å². The molecule has 0 amide bonds. The Morgan fingerprint density at radius 1 is 0.615 bits per heavy atom. The first kappa shape index (κ1) is 25.9. The summed E-state index contributed by atoms with van der Waals surface area (Å²) < 4.78 is 84.5. The van der Waals surface area contributed by atoms with Crippen molar-refractivity contribution < 1.29 is 31.1 Å². The summed E-state index contributed by atoms with van der Waals surface area (Å²) in [4.78, 5) is 0.